The van der Waals surface area contributed by atoms with Gasteiger partial charge in [-0.15, -0.1) is 0 Å². The van der Waals surface area contributed by atoms with Crippen molar-refractivity contribution in [3.63, 3.8) is 0 Å². The van der Waals surface area contributed by atoms with Crippen LogP contribution in [0.1, 0.15) is 62.3 Å². The fourth-order valence-electron chi connectivity index (χ4n) is 3.10. The zero-order valence-corrected chi connectivity index (χ0v) is 21.9. The van der Waals surface area contributed by atoms with E-state index >= 15 is 0 Å². The summed E-state index contributed by atoms with van der Waals surface area (Å²) in [6, 6.07) is 0.790. The van der Waals surface area contributed by atoms with Gasteiger partial charge < -0.3 is 19.4 Å². The van der Waals surface area contributed by atoms with E-state index in [1.807, 2.05) is 25.7 Å². The summed E-state index contributed by atoms with van der Waals surface area (Å²) in [6.45, 7) is 27.7. The number of rotatable bonds is 7. The number of nitrogens with one attached hydrogen (secondary N) is 1. The lowest BCUT2D eigenvalue weighted by Crippen LogP contribution is -2.61. The molecule has 0 aliphatic carbocycles. The summed E-state index contributed by atoms with van der Waals surface area (Å²) >= 11 is 0. The van der Waals surface area contributed by atoms with Crippen molar-refractivity contribution in [3.8, 4) is 0 Å². The normalized spacial score (nSPS) is 21.8. The van der Waals surface area contributed by atoms with E-state index in [0.717, 1.165) is 26.2 Å². The van der Waals surface area contributed by atoms with Crippen LogP contribution in [0.2, 0.25) is 18.1 Å². The van der Waals surface area contributed by atoms with Crippen molar-refractivity contribution in [1.82, 2.24) is 15.1 Å². The number of hydrogen-bond acceptors (Lipinski definition) is 5. The molecule has 2 atom stereocenters. The van der Waals surface area contributed by atoms with E-state index in [0.29, 0.717) is 12.6 Å². The van der Waals surface area contributed by atoms with Crippen molar-refractivity contribution in [2.24, 2.45) is 0 Å². The van der Waals surface area contributed by atoms with E-state index < -0.39 is 13.9 Å². The SMILES string of the molecule is CC(C)N(CCO[Si](C)(C)C(C)(C)C)C[C@H]1CN(C(=O)OC(C)(C)C)[C@H](C)CN1. The van der Waals surface area contributed by atoms with Gasteiger partial charge in [-0.25, -0.2) is 4.79 Å². The number of amides is 1. The first-order valence-electron chi connectivity index (χ1n) is 11.1. The lowest BCUT2D eigenvalue weighted by Gasteiger charge is -2.42. The first kappa shape index (κ1) is 26.4. The smallest absolute Gasteiger partial charge is 0.410 e. The topological polar surface area (TPSA) is 54.0 Å². The van der Waals surface area contributed by atoms with E-state index in [1.54, 1.807) is 0 Å². The molecule has 0 aromatic rings. The van der Waals surface area contributed by atoms with Gasteiger partial charge >= 0.3 is 6.09 Å². The molecule has 1 amide bonds. The van der Waals surface area contributed by atoms with Crippen molar-refractivity contribution >= 4 is 14.4 Å². The number of ether oxygens (including phenoxy) is 1. The Bertz CT molecular complexity index is 526. The molecular formula is C22H47N3O3Si. The van der Waals surface area contributed by atoms with Crippen LogP contribution in [0.4, 0.5) is 4.79 Å². The summed E-state index contributed by atoms with van der Waals surface area (Å²) in [7, 11) is -1.73. The maximum atomic E-state index is 12.6. The van der Waals surface area contributed by atoms with Crippen molar-refractivity contribution in [2.75, 3.05) is 32.8 Å². The Hall–Kier alpha value is -0.633. The molecule has 0 saturated carbocycles. The molecule has 0 aromatic heterocycles. The standard InChI is InChI=1S/C22H47N3O3Si/c1-17(2)24(12-13-27-29(10,11)22(7,8)9)15-19-16-25(18(3)14-23-19)20(26)28-21(4,5)6/h17-19,23H,12-16H2,1-11H3/t18-,19+/m1/s1. The second-order valence-corrected chi connectivity index (χ2v) is 16.1. The first-order valence-corrected chi connectivity index (χ1v) is 14.1. The summed E-state index contributed by atoms with van der Waals surface area (Å²) in [4.78, 5) is 16.9. The van der Waals surface area contributed by atoms with Gasteiger partial charge in [0.25, 0.3) is 0 Å². The molecule has 7 heteroatoms. The minimum atomic E-state index is -1.73. The third-order valence-electron chi connectivity index (χ3n) is 6.11. The second-order valence-electron chi connectivity index (χ2n) is 11.3. The average Bonchev–Trinajstić information content (AvgIpc) is 2.52. The number of carbonyl (C=O) groups is 1. The first-order chi connectivity index (χ1) is 13.0. The molecule has 1 aliphatic rings. The molecule has 1 fully saturated rings. The molecular weight excluding hydrogens is 382 g/mol. The predicted molar refractivity (Wildman–Crippen MR) is 124 cm³/mol. The minimum absolute atomic E-state index is 0.135. The van der Waals surface area contributed by atoms with Crippen molar-refractivity contribution in [3.05, 3.63) is 0 Å². The van der Waals surface area contributed by atoms with Crippen LogP contribution in [0.5, 0.6) is 0 Å². The molecule has 1 aliphatic heterocycles. The molecule has 29 heavy (non-hydrogen) atoms. The van der Waals surface area contributed by atoms with Crippen LogP contribution in [0.25, 0.3) is 0 Å². The van der Waals surface area contributed by atoms with Gasteiger partial charge in [-0.05, 0) is 59.7 Å². The molecule has 0 bridgehead atoms. The maximum Gasteiger partial charge on any atom is 0.410 e. The van der Waals surface area contributed by atoms with Crippen LogP contribution >= 0.6 is 0 Å². The Kier molecular flexibility index (Phi) is 9.21. The second kappa shape index (κ2) is 10.1. The minimum Gasteiger partial charge on any atom is -0.444 e. The predicted octanol–water partition coefficient (Wildman–Crippen LogP) is 4.32. The van der Waals surface area contributed by atoms with Gasteiger partial charge in [-0.2, -0.15) is 0 Å². The van der Waals surface area contributed by atoms with E-state index in [-0.39, 0.29) is 23.2 Å². The summed E-state index contributed by atoms with van der Waals surface area (Å²) < 4.78 is 12.0. The third-order valence-corrected chi connectivity index (χ3v) is 10.7. The molecule has 0 spiro atoms. The van der Waals surface area contributed by atoms with Crippen molar-refractivity contribution in [1.29, 1.82) is 0 Å². The van der Waals surface area contributed by atoms with Gasteiger partial charge in [0.2, 0.25) is 0 Å². The fraction of sp³-hybridized carbons (Fsp3) is 0.955. The van der Waals surface area contributed by atoms with Gasteiger partial charge in [-0.3, -0.25) is 4.90 Å². The highest BCUT2D eigenvalue weighted by molar-refractivity contribution is 6.74. The lowest BCUT2D eigenvalue weighted by atomic mass is 10.1. The number of piperazine rings is 1. The molecule has 1 N–H and O–H groups in total. The quantitative estimate of drug-likeness (QED) is 0.611. The van der Waals surface area contributed by atoms with Crippen LogP contribution in [0.15, 0.2) is 0 Å². The molecule has 1 rings (SSSR count). The molecule has 1 heterocycles. The summed E-state index contributed by atoms with van der Waals surface area (Å²) in [5, 5.41) is 3.84. The fourth-order valence-corrected chi connectivity index (χ4v) is 4.14. The van der Waals surface area contributed by atoms with Crippen LogP contribution < -0.4 is 5.32 Å². The maximum absolute atomic E-state index is 12.6. The Morgan fingerprint density at radius 2 is 1.79 bits per heavy atom. The number of carbonyl (C=O) groups excluding carboxylic acids is 1. The van der Waals surface area contributed by atoms with E-state index in [2.05, 4.69) is 64.9 Å². The largest absolute Gasteiger partial charge is 0.444 e. The zero-order chi connectivity index (χ0) is 22.6. The number of nitrogens with zero attached hydrogens (tertiary/aromatic N) is 2. The Morgan fingerprint density at radius 1 is 1.21 bits per heavy atom. The monoisotopic (exact) mass is 429 g/mol. The van der Waals surface area contributed by atoms with Gasteiger partial charge in [0, 0.05) is 50.9 Å². The summed E-state index contributed by atoms with van der Waals surface area (Å²) in [5.74, 6) is 0. The van der Waals surface area contributed by atoms with Crippen LogP contribution in [0.3, 0.4) is 0 Å². The van der Waals surface area contributed by atoms with Crippen LogP contribution in [0, 0.1) is 0 Å². The molecule has 0 radical (unpaired) electrons. The van der Waals surface area contributed by atoms with Crippen molar-refractivity contribution < 1.29 is 14.0 Å². The zero-order valence-electron chi connectivity index (χ0n) is 20.9. The lowest BCUT2D eigenvalue weighted by molar-refractivity contribution is 0.00699. The van der Waals surface area contributed by atoms with E-state index in [9.17, 15) is 4.79 Å². The van der Waals surface area contributed by atoms with E-state index in [4.69, 9.17) is 9.16 Å². The molecule has 0 aromatic carbocycles. The molecule has 172 valence electrons. The van der Waals surface area contributed by atoms with Gasteiger partial charge in [0.1, 0.15) is 5.60 Å². The van der Waals surface area contributed by atoms with Crippen LogP contribution in [-0.4, -0.2) is 80.7 Å². The third kappa shape index (κ3) is 8.56. The van der Waals surface area contributed by atoms with Gasteiger partial charge in [-0.1, -0.05) is 20.8 Å². The highest BCUT2D eigenvalue weighted by atomic mass is 28.4. The Morgan fingerprint density at radius 3 is 2.28 bits per heavy atom. The molecule has 6 nitrogen and oxygen atoms in total. The highest BCUT2D eigenvalue weighted by Crippen LogP contribution is 2.36. The Labute approximate surface area is 180 Å². The van der Waals surface area contributed by atoms with E-state index in [1.165, 1.54) is 0 Å². The van der Waals surface area contributed by atoms with Gasteiger partial charge in [0.15, 0.2) is 8.32 Å². The molecule has 0 unspecified atom stereocenters. The Balaban J connectivity index is 2.66. The highest BCUT2D eigenvalue weighted by Gasteiger charge is 2.37. The van der Waals surface area contributed by atoms with Crippen molar-refractivity contribution in [2.45, 2.75) is 104 Å². The number of hydrogen-bond donors (Lipinski definition) is 1. The average molecular weight is 430 g/mol. The van der Waals surface area contributed by atoms with Gasteiger partial charge in [0.05, 0.1) is 0 Å². The summed E-state index contributed by atoms with van der Waals surface area (Å²) in [5.41, 5.74) is -0.470. The summed E-state index contributed by atoms with van der Waals surface area (Å²) in [6.07, 6.45) is -0.214. The van der Waals surface area contributed by atoms with Crippen LogP contribution in [-0.2, 0) is 9.16 Å². The molecule has 1 saturated heterocycles.